The number of carboxylic acid groups (broad SMARTS) is 1. The van der Waals surface area contributed by atoms with Crippen LogP contribution in [-0.2, 0) is 6.42 Å². The number of carbonyl (C=O) groups is 2. The summed E-state index contributed by atoms with van der Waals surface area (Å²) in [6.07, 6.45) is 0.758. The summed E-state index contributed by atoms with van der Waals surface area (Å²) < 4.78 is 0. The lowest BCUT2D eigenvalue weighted by Gasteiger charge is -2.13. The molecule has 0 aliphatic carbocycles. The maximum Gasteiger partial charge on any atom is 0.335 e. The van der Waals surface area contributed by atoms with E-state index in [1.165, 1.54) is 17.7 Å². The molecule has 20 heavy (non-hydrogen) atoms. The zero-order valence-electron chi connectivity index (χ0n) is 11.0. The maximum atomic E-state index is 12.1. The van der Waals surface area contributed by atoms with E-state index >= 15 is 0 Å². The summed E-state index contributed by atoms with van der Waals surface area (Å²) in [5.41, 5.74) is 1.66. The highest BCUT2D eigenvalue weighted by atomic mass is 32.1. The predicted molar refractivity (Wildman–Crippen MR) is 78.4 cm³/mol. The summed E-state index contributed by atoms with van der Waals surface area (Å²) in [6, 6.07) is 8.05. The molecule has 0 bridgehead atoms. The smallest absolute Gasteiger partial charge is 0.335 e. The van der Waals surface area contributed by atoms with E-state index in [2.05, 4.69) is 5.32 Å². The number of carboxylic acids is 1. The lowest BCUT2D eigenvalue weighted by atomic mass is 10.1. The van der Waals surface area contributed by atoms with Gasteiger partial charge < -0.3 is 10.4 Å². The highest BCUT2D eigenvalue weighted by Gasteiger charge is 2.12. The fourth-order valence-corrected chi connectivity index (χ4v) is 2.60. The highest BCUT2D eigenvalue weighted by Crippen LogP contribution is 2.10. The molecule has 2 rings (SSSR count). The Morgan fingerprint density at radius 2 is 2.05 bits per heavy atom. The molecule has 0 saturated heterocycles. The molecule has 2 N–H and O–H groups in total. The van der Waals surface area contributed by atoms with Gasteiger partial charge in [-0.25, -0.2) is 4.79 Å². The number of carbonyl (C=O) groups excluding carboxylic acids is 1. The predicted octanol–water partition coefficient (Wildman–Crippen LogP) is 2.81. The van der Waals surface area contributed by atoms with Crippen molar-refractivity contribution in [3.05, 3.63) is 57.8 Å². The number of rotatable bonds is 5. The fourth-order valence-electron chi connectivity index (χ4n) is 1.91. The van der Waals surface area contributed by atoms with E-state index in [0.717, 1.165) is 6.42 Å². The first-order chi connectivity index (χ1) is 9.56. The first-order valence-corrected chi connectivity index (χ1v) is 7.16. The van der Waals surface area contributed by atoms with Crippen molar-refractivity contribution in [3.8, 4) is 0 Å². The van der Waals surface area contributed by atoms with Gasteiger partial charge in [0, 0.05) is 11.6 Å². The standard InChI is InChI=1S/C15H15NO3S/c1-10(7-11-5-6-20-9-11)16-14(17)12-3-2-4-13(8-12)15(18)19/h2-6,8-10H,7H2,1H3,(H,16,17)(H,18,19). The van der Waals surface area contributed by atoms with Gasteiger partial charge in [0.1, 0.15) is 0 Å². The summed E-state index contributed by atoms with van der Waals surface area (Å²) in [5.74, 6) is -1.29. The molecule has 1 amide bonds. The monoisotopic (exact) mass is 289 g/mol. The minimum absolute atomic E-state index is 0.00872. The molecule has 0 radical (unpaired) electrons. The van der Waals surface area contributed by atoms with Gasteiger partial charge in [-0.15, -0.1) is 0 Å². The summed E-state index contributed by atoms with van der Waals surface area (Å²) >= 11 is 1.62. The summed E-state index contributed by atoms with van der Waals surface area (Å²) in [5, 5.41) is 15.8. The first kappa shape index (κ1) is 14.3. The first-order valence-electron chi connectivity index (χ1n) is 6.21. The third-order valence-electron chi connectivity index (χ3n) is 2.87. The molecule has 0 fully saturated rings. The number of hydrogen-bond donors (Lipinski definition) is 2. The van der Waals surface area contributed by atoms with Crippen molar-refractivity contribution in [2.45, 2.75) is 19.4 Å². The number of nitrogens with one attached hydrogen (secondary N) is 1. The largest absolute Gasteiger partial charge is 0.478 e. The van der Waals surface area contributed by atoms with Crippen LogP contribution in [0.3, 0.4) is 0 Å². The molecule has 4 nitrogen and oxygen atoms in total. The van der Waals surface area contributed by atoms with Crippen LogP contribution >= 0.6 is 11.3 Å². The molecule has 104 valence electrons. The Labute approximate surface area is 121 Å². The Bertz CT molecular complexity index is 607. The molecule has 2 aromatic rings. The van der Waals surface area contributed by atoms with Gasteiger partial charge in [0.2, 0.25) is 0 Å². The Balaban J connectivity index is 2.00. The fraction of sp³-hybridized carbons (Fsp3) is 0.200. The molecule has 1 heterocycles. The van der Waals surface area contributed by atoms with E-state index in [0.29, 0.717) is 5.56 Å². The van der Waals surface area contributed by atoms with Gasteiger partial charge >= 0.3 is 5.97 Å². The van der Waals surface area contributed by atoms with Crippen molar-refractivity contribution < 1.29 is 14.7 Å². The molecule has 0 aliphatic rings. The van der Waals surface area contributed by atoms with Crippen molar-refractivity contribution in [2.75, 3.05) is 0 Å². The number of hydrogen-bond acceptors (Lipinski definition) is 3. The van der Waals surface area contributed by atoms with Gasteiger partial charge in [0.05, 0.1) is 5.56 Å². The van der Waals surface area contributed by atoms with E-state index in [1.807, 2.05) is 23.8 Å². The molecule has 5 heteroatoms. The molecule has 1 atom stereocenters. The van der Waals surface area contributed by atoms with Crippen LogP contribution in [0.1, 0.15) is 33.2 Å². The Morgan fingerprint density at radius 3 is 2.70 bits per heavy atom. The second-order valence-electron chi connectivity index (χ2n) is 4.60. The van der Waals surface area contributed by atoms with E-state index in [4.69, 9.17) is 5.11 Å². The maximum absolute atomic E-state index is 12.1. The molecular weight excluding hydrogens is 274 g/mol. The molecular formula is C15H15NO3S. The molecule has 0 spiro atoms. The minimum atomic E-state index is -1.04. The highest BCUT2D eigenvalue weighted by molar-refractivity contribution is 7.07. The number of thiophene rings is 1. The molecule has 1 aromatic heterocycles. The Morgan fingerprint density at radius 1 is 1.30 bits per heavy atom. The molecule has 1 unspecified atom stereocenters. The zero-order valence-corrected chi connectivity index (χ0v) is 11.8. The van der Waals surface area contributed by atoms with Crippen LogP contribution in [0.25, 0.3) is 0 Å². The Kier molecular flexibility index (Phi) is 4.53. The molecule has 0 aliphatic heterocycles. The number of benzene rings is 1. The summed E-state index contributed by atoms with van der Waals surface area (Å²) in [7, 11) is 0. The zero-order chi connectivity index (χ0) is 14.5. The van der Waals surface area contributed by atoms with E-state index in [-0.39, 0.29) is 17.5 Å². The van der Waals surface area contributed by atoms with E-state index in [9.17, 15) is 9.59 Å². The van der Waals surface area contributed by atoms with Crippen LogP contribution in [-0.4, -0.2) is 23.0 Å². The topological polar surface area (TPSA) is 66.4 Å². The number of amides is 1. The summed E-state index contributed by atoms with van der Waals surface area (Å²) in [6.45, 7) is 1.93. The lowest BCUT2D eigenvalue weighted by Crippen LogP contribution is -2.34. The van der Waals surface area contributed by atoms with E-state index < -0.39 is 5.97 Å². The minimum Gasteiger partial charge on any atom is -0.478 e. The van der Waals surface area contributed by atoms with Crippen molar-refractivity contribution in [2.24, 2.45) is 0 Å². The van der Waals surface area contributed by atoms with Crippen LogP contribution in [0, 0.1) is 0 Å². The Hall–Kier alpha value is -2.14. The van der Waals surface area contributed by atoms with Crippen LogP contribution in [0.15, 0.2) is 41.1 Å². The average Bonchev–Trinajstić information content (AvgIpc) is 2.91. The quantitative estimate of drug-likeness (QED) is 0.889. The van der Waals surface area contributed by atoms with Gasteiger partial charge in [0.25, 0.3) is 5.91 Å². The van der Waals surface area contributed by atoms with Crippen molar-refractivity contribution in [3.63, 3.8) is 0 Å². The van der Waals surface area contributed by atoms with Crippen LogP contribution in [0.5, 0.6) is 0 Å². The van der Waals surface area contributed by atoms with Gasteiger partial charge in [0.15, 0.2) is 0 Å². The van der Waals surface area contributed by atoms with Crippen LogP contribution in [0.4, 0.5) is 0 Å². The normalized spacial score (nSPS) is 11.8. The van der Waals surface area contributed by atoms with Crippen molar-refractivity contribution in [1.29, 1.82) is 0 Å². The van der Waals surface area contributed by atoms with Gasteiger partial charge in [-0.05, 0) is 53.9 Å². The second kappa shape index (κ2) is 6.34. The second-order valence-corrected chi connectivity index (χ2v) is 5.38. The van der Waals surface area contributed by atoms with Crippen molar-refractivity contribution >= 4 is 23.2 Å². The molecule has 0 saturated carbocycles. The van der Waals surface area contributed by atoms with Crippen molar-refractivity contribution in [1.82, 2.24) is 5.32 Å². The number of aromatic carboxylic acids is 1. The van der Waals surface area contributed by atoms with E-state index in [1.54, 1.807) is 23.5 Å². The van der Waals surface area contributed by atoms with Crippen LogP contribution in [0.2, 0.25) is 0 Å². The van der Waals surface area contributed by atoms with Gasteiger partial charge in [-0.2, -0.15) is 11.3 Å². The SMILES string of the molecule is CC(Cc1ccsc1)NC(=O)c1cccc(C(=O)O)c1. The lowest BCUT2D eigenvalue weighted by molar-refractivity contribution is 0.0697. The third-order valence-corrected chi connectivity index (χ3v) is 3.60. The average molecular weight is 289 g/mol. The van der Waals surface area contributed by atoms with Crippen LogP contribution < -0.4 is 5.32 Å². The third kappa shape index (κ3) is 3.68. The molecule has 1 aromatic carbocycles. The van der Waals surface area contributed by atoms with Gasteiger partial charge in [-0.3, -0.25) is 4.79 Å². The van der Waals surface area contributed by atoms with Gasteiger partial charge in [-0.1, -0.05) is 6.07 Å². The summed E-state index contributed by atoms with van der Waals surface area (Å²) in [4.78, 5) is 22.9.